The van der Waals surface area contributed by atoms with Gasteiger partial charge in [0.25, 0.3) is 0 Å². The molecule has 0 saturated heterocycles. The Morgan fingerprint density at radius 2 is 1.62 bits per heavy atom. The van der Waals surface area contributed by atoms with E-state index in [9.17, 15) is 13.6 Å². The summed E-state index contributed by atoms with van der Waals surface area (Å²) < 4.78 is 40.3. The highest BCUT2D eigenvalue weighted by molar-refractivity contribution is 5.69. The van der Waals surface area contributed by atoms with E-state index in [1.165, 1.54) is 14.2 Å². The number of amides is 1. The summed E-state index contributed by atoms with van der Waals surface area (Å²) in [5.41, 5.74) is 4.67. The van der Waals surface area contributed by atoms with Gasteiger partial charge in [-0.05, 0) is 0 Å². The summed E-state index contributed by atoms with van der Waals surface area (Å²) in [5, 5.41) is 0. The number of halogens is 2. The molecule has 7 heteroatoms. The molecule has 5 nitrogen and oxygen atoms in total. The third kappa shape index (κ3) is 2.13. The van der Waals surface area contributed by atoms with Gasteiger partial charge < -0.3 is 19.9 Å². The Morgan fingerprint density at radius 1 is 1.19 bits per heavy atom. The normalized spacial score (nSPS) is 9.75. The standard InChI is InChI=1S/C9H9F2NO4/c1-14-4-3-5(15-2)7(11)8(6(4)10)16-9(12)13/h3H,1-2H3,(H2,12,13). The number of ether oxygens (including phenoxy) is 3. The quantitative estimate of drug-likeness (QED) is 0.857. The van der Waals surface area contributed by atoms with Gasteiger partial charge in [0.2, 0.25) is 17.4 Å². The highest BCUT2D eigenvalue weighted by Crippen LogP contribution is 2.36. The van der Waals surface area contributed by atoms with Gasteiger partial charge in [0.1, 0.15) is 0 Å². The van der Waals surface area contributed by atoms with Crippen molar-refractivity contribution in [2.24, 2.45) is 5.73 Å². The van der Waals surface area contributed by atoms with Crippen LogP contribution in [0.3, 0.4) is 0 Å². The fourth-order valence-electron chi connectivity index (χ4n) is 1.05. The molecule has 0 aliphatic carbocycles. The molecule has 1 aromatic rings. The van der Waals surface area contributed by atoms with E-state index in [0.29, 0.717) is 0 Å². The van der Waals surface area contributed by atoms with Crippen molar-refractivity contribution in [3.63, 3.8) is 0 Å². The van der Waals surface area contributed by atoms with E-state index < -0.39 is 23.5 Å². The van der Waals surface area contributed by atoms with Gasteiger partial charge >= 0.3 is 6.09 Å². The first kappa shape index (κ1) is 12.0. The van der Waals surface area contributed by atoms with Crippen molar-refractivity contribution < 1.29 is 27.8 Å². The van der Waals surface area contributed by atoms with Gasteiger partial charge in [-0.15, -0.1) is 0 Å². The Hall–Kier alpha value is -2.05. The molecule has 1 aromatic carbocycles. The highest BCUT2D eigenvalue weighted by Gasteiger charge is 2.22. The molecule has 1 rings (SSSR count). The minimum atomic E-state index is -1.34. The minimum Gasteiger partial charge on any atom is -0.493 e. The molecule has 0 aliphatic heterocycles. The number of carbonyl (C=O) groups excluding carboxylic acids is 1. The minimum absolute atomic E-state index is 0.325. The number of methoxy groups -OCH3 is 2. The molecule has 0 atom stereocenters. The molecule has 1 amide bonds. The zero-order chi connectivity index (χ0) is 12.3. The third-order valence-corrected chi connectivity index (χ3v) is 1.74. The van der Waals surface area contributed by atoms with Crippen LogP contribution in [0.5, 0.6) is 17.2 Å². The van der Waals surface area contributed by atoms with Crippen molar-refractivity contribution in [3.05, 3.63) is 17.7 Å². The van der Waals surface area contributed by atoms with Crippen LogP contribution in [0.15, 0.2) is 6.07 Å². The van der Waals surface area contributed by atoms with Gasteiger partial charge in [0, 0.05) is 6.07 Å². The summed E-state index contributed by atoms with van der Waals surface area (Å²) in [4.78, 5) is 10.5. The van der Waals surface area contributed by atoms with Gasteiger partial charge in [-0.1, -0.05) is 0 Å². The number of primary amides is 1. The molecule has 0 fully saturated rings. The predicted molar refractivity (Wildman–Crippen MR) is 49.7 cm³/mol. The summed E-state index contributed by atoms with van der Waals surface area (Å²) in [6, 6.07) is 0.985. The monoisotopic (exact) mass is 233 g/mol. The van der Waals surface area contributed by atoms with Crippen LogP contribution in [0, 0.1) is 11.6 Å². The maximum atomic E-state index is 13.5. The Balaban J connectivity index is 3.36. The van der Waals surface area contributed by atoms with Gasteiger partial charge in [0.05, 0.1) is 14.2 Å². The highest BCUT2D eigenvalue weighted by atomic mass is 19.1. The van der Waals surface area contributed by atoms with Crippen molar-refractivity contribution in [1.29, 1.82) is 0 Å². The number of nitrogens with two attached hydrogens (primary N) is 1. The summed E-state index contributed by atoms with van der Waals surface area (Å²) in [5.74, 6) is -3.94. The number of hydrogen-bond acceptors (Lipinski definition) is 4. The van der Waals surface area contributed by atoms with Crippen LogP contribution in [-0.2, 0) is 0 Å². The largest absolute Gasteiger partial charge is 0.493 e. The summed E-state index contributed by atoms with van der Waals surface area (Å²) in [6.45, 7) is 0. The number of benzene rings is 1. The Bertz CT molecular complexity index is 394. The van der Waals surface area contributed by atoms with E-state index in [-0.39, 0.29) is 11.5 Å². The fraction of sp³-hybridized carbons (Fsp3) is 0.222. The van der Waals surface area contributed by atoms with Crippen molar-refractivity contribution in [2.75, 3.05) is 14.2 Å². The zero-order valence-corrected chi connectivity index (χ0v) is 8.54. The maximum Gasteiger partial charge on any atom is 0.410 e. The number of hydrogen-bond donors (Lipinski definition) is 1. The smallest absolute Gasteiger partial charge is 0.410 e. The van der Waals surface area contributed by atoms with E-state index in [2.05, 4.69) is 19.9 Å². The van der Waals surface area contributed by atoms with Gasteiger partial charge in [-0.3, -0.25) is 0 Å². The Kier molecular flexibility index (Phi) is 3.49. The molecule has 0 saturated carbocycles. The lowest BCUT2D eigenvalue weighted by atomic mass is 10.2. The molecule has 88 valence electrons. The molecule has 0 aliphatic rings. The number of carbonyl (C=O) groups is 1. The molecule has 0 heterocycles. The Labute approximate surface area is 89.7 Å². The van der Waals surface area contributed by atoms with Crippen molar-refractivity contribution in [1.82, 2.24) is 0 Å². The van der Waals surface area contributed by atoms with Crippen LogP contribution < -0.4 is 19.9 Å². The molecule has 0 aromatic heterocycles. The lowest BCUT2D eigenvalue weighted by molar-refractivity contribution is 0.204. The summed E-state index contributed by atoms with van der Waals surface area (Å²) in [6.07, 6.45) is -1.34. The molecule has 16 heavy (non-hydrogen) atoms. The lowest BCUT2D eigenvalue weighted by Gasteiger charge is -2.11. The number of rotatable bonds is 3. The van der Waals surface area contributed by atoms with Crippen molar-refractivity contribution in [3.8, 4) is 17.2 Å². The van der Waals surface area contributed by atoms with Crippen LogP contribution in [0.1, 0.15) is 0 Å². The summed E-state index contributed by atoms with van der Waals surface area (Å²) in [7, 11) is 2.34. The predicted octanol–water partition coefficient (Wildman–Crippen LogP) is 1.44. The summed E-state index contributed by atoms with van der Waals surface area (Å²) >= 11 is 0. The average Bonchev–Trinajstić information content (AvgIpc) is 2.24. The van der Waals surface area contributed by atoms with E-state index in [1.807, 2.05) is 0 Å². The first-order valence-corrected chi connectivity index (χ1v) is 4.08. The van der Waals surface area contributed by atoms with Crippen LogP contribution >= 0.6 is 0 Å². The van der Waals surface area contributed by atoms with Crippen LogP contribution in [-0.4, -0.2) is 20.3 Å². The van der Waals surface area contributed by atoms with E-state index >= 15 is 0 Å². The first-order valence-electron chi connectivity index (χ1n) is 4.08. The molecule has 0 bridgehead atoms. The molecular formula is C9H9F2NO4. The van der Waals surface area contributed by atoms with E-state index in [0.717, 1.165) is 6.07 Å². The van der Waals surface area contributed by atoms with E-state index in [4.69, 9.17) is 0 Å². The zero-order valence-electron chi connectivity index (χ0n) is 8.54. The average molecular weight is 233 g/mol. The second kappa shape index (κ2) is 4.65. The van der Waals surface area contributed by atoms with Gasteiger partial charge in [-0.25, -0.2) is 4.79 Å². The second-order valence-corrected chi connectivity index (χ2v) is 2.66. The maximum absolute atomic E-state index is 13.5. The fourth-order valence-corrected chi connectivity index (χ4v) is 1.05. The van der Waals surface area contributed by atoms with E-state index in [1.54, 1.807) is 0 Å². The molecule has 0 unspecified atom stereocenters. The lowest BCUT2D eigenvalue weighted by Crippen LogP contribution is -2.18. The van der Waals surface area contributed by atoms with Crippen molar-refractivity contribution >= 4 is 6.09 Å². The topological polar surface area (TPSA) is 70.8 Å². The van der Waals surface area contributed by atoms with Crippen LogP contribution in [0.4, 0.5) is 13.6 Å². The second-order valence-electron chi connectivity index (χ2n) is 2.66. The van der Waals surface area contributed by atoms with Crippen LogP contribution in [0.25, 0.3) is 0 Å². The molecule has 0 radical (unpaired) electrons. The molecular weight excluding hydrogens is 224 g/mol. The SMILES string of the molecule is COc1cc(OC)c(F)c(OC(N)=O)c1F. The van der Waals surface area contributed by atoms with Crippen LogP contribution in [0.2, 0.25) is 0 Å². The molecule has 2 N–H and O–H groups in total. The van der Waals surface area contributed by atoms with Gasteiger partial charge in [-0.2, -0.15) is 8.78 Å². The first-order chi connectivity index (χ1) is 7.51. The van der Waals surface area contributed by atoms with Gasteiger partial charge in [0.15, 0.2) is 11.5 Å². The Morgan fingerprint density at radius 3 is 1.94 bits per heavy atom. The molecule has 0 spiro atoms. The van der Waals surface area contributed by atoms with Crippen molar-refractivity contribution in [2.45, 2.75) is 0 Å². The third-order valence-electron chi connectivity index (χ3n) is 1.74.